The van der Waals surface area contributed by atoms with Gasteiger partial charge >= 0.3 is 0 Å². The lowest BCUT2D eigenvalue weighted by molar-refractivity contribution is 0.0945. The number of methoxy groups -OCH3 is 1. The molecule has 2 heterocycles. The minimum atomic E-state index is -1.08. The van der Waals surface area contributed by atoms with Crippen molar-refractivity contribution in [1.29, 1.82) is 0 Å². The molecule has 0 aliphatic rings. The van der Waals surface area contributed by atoms with Gasteiger partial charge in [0.1, 0.15) is 5.69 Å². The third-order valence-electron chi connectivity index (χ3n) is 3.75. The van der Waals surface area contributed by atoms with E-state index < -0.39 is 17.5 Å². The Morgan fingerprint density at radius 2 is 2.00 bits per heavy atom. The van der Waals surface area contributed by atoms with E-state index in [9.17, 15) is 13.6 Å². The van der Waals surface area contributed by atoms with Gasteiger partial charge in [-0.15, -0.1) is 0 Å². The van der Waals surface area contributed by atoms with Gasteiger partial charge < -0.3 is 10.1 Å². The Hall–Kier alpha value is -3.03. The Bertz CT molecular complexity index is 969. The van der Waals surface area contributed by atoms with E-state index in [0.717, 1.165) is 11.4 Å². The van der Waals surface area contributed by atoms with Crippen molar-refractivity contribution in [1.82, 2.24) is 19.9 Å². The molecule has 0 aliphatic carbocycles. The summed E-state index contributed by atoms with van der Waals surface area (Å²) in [6.45, 7) is 3.46. The van der Waals surface area contributed by atoms with Crippen LogP contribution in [0.4, 0.5) is 8.78 Å². The molecule has 130 valence electrons. The fourth-order valence-electron chi connectivity index (χ4n) is 2.49. The lowest BCUT2D eigenvalue weighted by Crippen LogP contribution is -2.25. The van der Waals surface area contributed by atoms with Crippen LogP contribution in [-0.4, -0.2) is 27.6 Å². The minimum Gasteiger partial charge on any atom is -0.494 e. The van der Waals surface area contributed by atoms with Crippen molar-refractivity contribution in [2.75, 3.05) is 7.11 Å². The number of carbonyl (C=O) groups excluding carboxylic acids is 1. The lowest BCUT2D eigenvalue weighted by atomic mass is 10.2. The van der Waals surface area contributed by atoms with Crippen molar-refractivity contribution in [2.45, 2.75) is 20.4 Å². The maximum atomic E-state index is 13.9. The number of carbonyl (C=O) groups is 1. The van der Waals surface area contributed by atoms with Crippen molar-refractivity contribution in [3.8, 4) is 5.75 Å². The van der Waals surface area contributed by atoms with Crippen LogP contribution in [0.25, 0.3) is 5.65 Å². The van der Waals surface area contributed by atoms with Crippen LogP contribution in [0.3, 0.4) is 0 Å². The molecule has 0 unspecified atom stereocenters. The highest BCUT2D eigenvalue weighted by Crippen LogP contribution is 2.22. The first-order valence-corrected chi connectivity index (χ1v) is 7.53. The Morgan fingerprint density at radius 1 is 1.24 bits per heavy atom. The van der Waals surface area contributed by atoms with E-state index in [0.29, 0.717) is 5.65 Å². The first kappa shape index (κ1) is 16.8. The van der Waals surface area contributed by atoms with Crippen LogP contribution in [0.1, 0.15) is 27.4 Å². The number of ether oxygens (including phenoxy) is 1. The van der Waals surface area contributed by atoms with E-state index in [1.807, 2.05) is 6.92 Å². The summed E-state index contributed by atoms with van der Waals surface area (Å²) < 4.78 is 34.0. The zero-order valence-corrected chi connectivity index (χ0v) is 13.9. The van der Waals surface area contributed by atoms with Crippen molar-refractivity contribution in [2.24, 2.45) is 0 Å². The summed E-state index contributed by atoms with van der Waals surface area (Å²) in [4.78, 5) is 16.5. The van der Waals surface area contributed by atoms with Crippen LogP contribution in [0.5, 0.6) is 5.75 Å². The van der Waals surface area contributed by atoms with Gasteiger partial charge in [-0.25, -0.2) is 13.9 Å². The third kappa shape index (κ3) is 3.15. The largest absolute Gasteiger partial charge is 0.494 e. The number of fused-ring (bicyclic) bond motifs is 1. The molecule has 0 saturated heterocycles. The summed E-state index contributed by atoms with van der Waals surface area (Å²) in [5.74, 6) is -2.81. The first-order valence-electron chi connectivity index (χ1n) is 7.53. The number of hydrogen-bond donors (Lipinski definition) is 1. The number of nitrogens with zero attached hydrogens (tertiary/aromatic N) is 3. The molecule has 2 aromatic heterocycles. The van der Waals surface area contributed by atoms with Crippen LogP contribution < -0.4 is 10.1 Å². The number of aromatic nitrogens is 3. The maximum Gasteiger partial charge on any atom is 0.270 e. The summed E-state index contributed by atoms with van der Waals surface area (Å²) in [5.41, 5.74) is 2.27. The van der Waals surface area contributed by atoms with E-state index in [1.165, 1.54) is 19.2 Å². The Labute approximate surface area is 142 Å². The van der Waals surface area contributed by atoms with Gasteiger partial charge in [-0.1, -0.05) is 6.07 Å². The topological polar surface area (TPSA) is 68.5 Å². The maximum absolute atomic E-state index is 13.9. The van der Waals surface area contributed by atoms with Gasteiger partial charge in [0.05, 0.1) is 12.8 Å². The first-order chi connectivity index (χ1) is 11.9. The second-order valence-electron chi connectivity index (χ2n) is 5.58. The lowest BCUT2D eigenvalue weighted by Gasteiger charge is -2.09. The molecule has 0 saturated carbocycles. The number of rotatable bonds is 4. The number of halogens is 2. The second kappa shape index (κ2) is 6.46. The smallest absolute Gasteiger partial charge is 0.270 e. The highest BCUT2D eigenvalue weighted by Gasteiger charge is 2.16. The Kier molecular flexibility index (Phi) is 4.35. The van der Waals surface area contributed by atoms with Crippen LogP contribution in [0.2, 0.25) is 0 Å². The molecule has 1 N–H and O–H groups in total. The van der Waals surface area contributed by atoms with Gasteiger partial charge in [0.25, 0.3) is 5.91 Å². The highest BCUT2D eigenvalue weighted by molar-refractivity contribution is 5.92. The minimum absolute atomic E-state index is 0.0182. The zero-order valence-electron chi connectivity index (χ0n) is 13.9. The molecule has 3 aromatic rings. The average molecular weight is 346 g/mol. The molecule has 0 aliphatic heterocycles. The van der Waals surface area contributed by atoms with E-state index in [1.54, 1.807) is 23.6 Å². The number of nitrogens with one attached hydrogen (secondary N) is 1. The number of amides is 1. The molecular formula is C17H16F2N4O2. The average Bonchev–Trinajstić information content (AvgIpc) is 2.97. The number of hydrogen-bond acceptors (Lipinski definition) is 4. The Balaban J connectivity index is 1.80. The monoisotopic (exact) mass is 346 g/mol. The van der Waals surface area contributed by atoms with Crippen molar-refractivity contribution in [3.63, 3.8) is 0 Å². The summed E-state index contributed by atoms with van der Waals surface area (Å²) in [6, 6.07) is 6.01. The molecule has 1 amide bonds. The molecule has 8 heteroatoms. The third-order valence-corrected chi connectivity index (χ3v) is 3.75. The highest BCUT2D eigenvalue weighted by atomic mass is 19.2. The molecule has 0 radical (unpaired) electrons. The number of aryl methyl sites for hydroxylation is 2. The fourth-order valence-corrected chi connectivity index (χ4v) is 2.49. The molecule has 0 bridgehead atoms. The van der Waals surface area contributed by atoms with Gasteiger partial charge in [-0.3, -0.25) is 4.79 Å². The molecule has 25 heavy (non-hydrogen) atoms. The summed E-state index contributed by atoms with van der Waals surface area (Å²) >= 11 is 0. The van der Waals surface area contributed by atoms with Crippen LogP contribution in [0.15, 0.2) is 24.3 Å². The van der Waals surface area contributed by atoms with E-state index in [-0.39, 0.29) is 23.6 Å². The fraction of sp³-hybridized carbons (Fsp3) is 0.235. The Morgan fingerprint density at radius 3 is 2.72 bits per heavy atom. The van der Waals surface area contributed by atoms with Crippen molar-refractivity contribution >= 4 is 11.6 Å². The van der Waals surface area contributed by atoms with Gasteiger partial charge in [0, 0.05) is 23.9 Å². The zero-order chi connectivity index (χ0) is 18.1. The van der Waals surface area contributed by atoms with Crippen molar-refractivity contribution in [3.05, 3.63) is 58.5 Å². The standard InChI is InChI=1S/C17H16F2N4O2/c1-9-6-14-21-12(7-10(2)23(14)22-9)17(24)20-8-11-4-5-13(25-3)16(19)15(11)18/h4-7H,8H2,1-3H3,(H,20,24). The van der Waals surface area contributed by atoms with Gasteiger partial charge in [-0.2, -0.15) is 9.49 Å². The summed E-state index contributed by atoms with van der Waals surface area (Å²) in [7, 11) is 1.25. The van der Waals surface area contributed by atoms with Gasteiger partial charge in [-0.05, 0) is 26.0 Å². The predicted molar refractivity (Wildman–Crippen MR) is 86.5 cm³/mol. The van der Waals surface area contributed by atoms with Crippen LogP contribution in [-0.2, 0) is 6.54 Å². The predicted octanol–water partition coefficient (Wildman–Crippen LogP) is 2.56. The van der Waals surface area contributed by atoms with Crippen LogP contribution >= 0.6 is 0 Å². The van der Waals surface area contributed by atoms with Crippen molar-refractivity contribution < 1.29 is 18.3 Å². The molecule has 0 fully saturated rings. The molecule has 0 spiro atoms. The van der Waals surface area contributed by atoms with E-state index >= 15 is 0 Å². The second-order valence-corrected chi connectivity index (χ2v) is 5.58. The van der Waals surface area contributed by atoms with E-state index in [4.69, 9.17) is 4.74 Å². The van der Waals surface area contributed by atoms with E-state index in [2.05, 4.69) is 15.4 Å². The molecule has 6 nitrogen and oxygen atoms in total. The normalized spacial score (nSPS) is 10.9. The molecular weight excluding hydrogens is 330 g/mol. The van der Waals surface area contributed by atoms with Gasteiger partial charge in [0.2, 0.25) is 5.82 Å². The molecule has 1 aromatic carbocycles. The number of benzene rings is 1. The quantitative estimate of drug-likeness (QED) is 0.788. The summed E-state index contributed by atoms with van der Waals surface area (Å²) in [6.07, 6.45) is 0. The molecule has 0 atom stereocenters. The molecule has 3 rings (SSSR count). The van der Waals surface area contributed by atoms with Crippen LogP contribution in [0, 0.1) is 25.5 Å². The summed E-state index contributed by atoms with van der Waals surface area (Å²) in [5, 5.41) is 6.80. The SMILES string of the molecule is COc1ccc(CNC(=O)c2cc(C)n3nc(C)cc3n2)c(F)c1F. The van der Waals surface area contributed by atoms with Gasteiger partial charge in [0.15, 0.2) is 17.2 Å².